The summed E-state index contributed by atoms with van der Waals surface area (Å²) in [7, 11) is 0. The third-order valence-electron chi connectivity index (χ3n) is 2.60. The molecule has 0 saturated carbocycles. The molecule has 1 fully saturated rings. The average molecular weight is 301 g/mol. The van der Waals surface area contributed by atoms with E-state index >= 15 is 0 Å². The molecule has 2 heterocycles. The van der Waals surface area contributed by atoms with Crippen molar-refractivity contribution in [2.45, 2.75) is 20.0 Å². The molecule has 1 aliphatic heterocycles. The maximum atomic E-state index is 5.53. The average Bonchev–Trinajstić information content (AvgIpc) is 2.32. The molecule has 17 heavy (non-hydrogen) atoms. The Morgan fingerprint density at radius 3 is 3.18 bits per heavy atom. The SMILES string of the molecule is CCNc1ncc(Br)c(N2CCOC(C)C2)n1. The van der Waals surface area contributed by atoms with Gasteiger partial charge in [0.1, 0.15) is 5.82 Å². The summed E-state index contributed by atoms with van der Waals surface area (Å²) in [4.78, 5) is 11.0. The van der Waals surface area contributed by atoms with E-state index in [2.05, 4.69) is 43.0 Å². The van der Waals surface area contributed by atoms with Gasteiger partial charge in [0.05, 0.1) is 17.2 Å². The van der Waals surface area contributed by atoms with Gasteiger partial charge in [-0.05, 0) is 29.8 Å². The van der Waals surface area contributed by atoms with E-state index in [1.165, 1.54) is 0 Å². The van der Waals surface area contributed by atoms with Gasteiger partial charge in [-0.2, -0.15) is 4.98 Å². The zero-order valence-corrected chi connectivity index (χ0v) is 11.7. The molecule has 1 saturated heterocycles. The normalized spacial score (nSPS) is 20.4. The van der Waals surface area contributed by atoms with Gasteiger partial charge in [-0.15, -0.1) is 0 Å². The molecule has 0 aromatic carbocycles. The molecule has 0 spiro atoms. The first kappa shape index (κ1) is 12.6. The minimum absolute atomic E-state index is 0.244. The number of aromatic nitrogens is 2. The highest BCUT2D eigenvalue weighted by Gasteiger charge is 2.20. The van der Waals surface area contributed by atoms with Crippen LogP contribution in [0.4, 0.5) is 11.8 Å². The molecule has 1 atom stereocenters. The molecular formula is C11H17BrN4O. The van der Waals surface area contributed by atoms with Crippen molar-refractivity contribution in [3.63, 3.8) is 0 Å². The molecule has 1 aromatic rings. The smallest absolute Gasteiger partial charge is 0.224 e. The summed E-state index contributed by atoms with van der Waals surface area (Å²) in [6, 6.07) is 0. The Bertz CT molecular complexity index is 388. The Morgan fingerprint density at radius 1 is 1.65 bits per heavy atom. The summed E-state index contributed by atoms with van der Waals surface area (Å²) in [5.74, 6) is 1.61. The molecule has 0 amide bonds. The number of hydrogen-bond donors (Lipinski definition) is 1. The maximum absolute atomic E-state index is 5.53. The van der Waals surface area contributed by atoms with Gasteiger partial charge in [0, 0.05) is 25.8 Å². The third kappa shape index (κ3) is 3.07. The van der Waals surface area contributed by atoms with Crippen LogP contribution in [0, 0.1) is 0 Å². The maximum Gasteiger partial charge on any atom is 0.224 e. The molecule has 0 aliphatic carbocycles. The van der Waals surface area contributed by atoms with Crippen LogP contribution in [-0.2, 0) is 4.74 Å². The van der Waals surface area contributed by atoms with Crippen LogP contribution in [0.3, 0.4) is 0 Å². The summed E-state index contributed by atoms with van der Waals surface area (Å²) in [5, 5.41) is 3.12. The standard InChI is InChI=1S/C11H17BrN4O/c1-3-13-11-14-6-9(12)10(15-11)16-4-5-17-8(2)7-16/h6,8H,3-5,7H2,1-2H3,(H,13,14,15). The molecule has 1 unspecified atom stereocenters. The van der Waals surface area contributed by atoms with E-state index in [1.807, 2.05) is 6.92 Å². The monoisotopic (exact) mass is 300 g/mol. The zero-order chi connectivity index (χ0) is 12.3. The second kappa shape index (κ2) is 5.64. The van der Waals surface area contributed by atoms with Crippen LogP contribution in [0.1, 0.15) is 13.8 Å². The number of hydrogen-bond acceptors (Lipinski definition) is 5. The number of nitrogens with one attached hydrogen (secondary N) is 1. The van der Waals surface area contributed by atoms with E-state index in [1.54, 1.807) is 6.20 Å². The van der Waals surface area contributed by atoms with E-state index in [0.717, 1.165) is 36.5 Å². The minimum Gasteiger partial charge on any atom is -0.375 e. The summed E-state index contributed by atoms with van der Waals surface area (Å²) < 4.78 is 6.46. The van der Waals surface area contributed by atoms with Crippen LogP contribution in [0.5, 0.6) is 0 Å². The van der Waals surface area contributed by atoms with E-state index in [4.69, 9.17) is 4.74 Å². The van der Waals surface area contributed by atoms with Crippen molar-refractivity contribution in [1.82, 2.24) is 9.97 Å². The van der Waals surface area contributed by atoms with Crippen LogP contribution in [0.2, 0.25) is 0 Å². The van der Waals surface area contributed by atoms with Gasteiger partial charge >= 0.3 is 0 Å². The van der Waals surface area contributed by atoms with Gasteiger partial charge in [0.15, 0.2) is 0 Å². The van der Waals surface area contributed by atoms with Crippen LogP contribution >= 0.6 is 15.9 Å². The van der Waals surface area contributed by atoms with Crippen molar-refractivity contribution in [2.24, 2.45) is 0 Å². The first-order valence-corrected chi connectivity index (χ1v) is 6.63. The Morgan fingerprint density at radius 2 is 2.47 bits per heavy atom. The van der Waals surface area contributed by atoms with Crippen molar-refractivity contribution >= 4 is 27.7 Å². The Labute approximate surface area is 110 Å². The van der Waals surface area contributed by atoms with Gasteiger partial charge in [0.2, 0.25) is 5.95 Å². The van der Waals surface area contributed by atoms with Gasteiger partial charge in [0.25, 0.3) is 0 Å². The summed E-state index contributed by atoms with van der Waals surface area (Å²) in [5.41, 5.74) is 0. The predicted octanol–water partition coefficient (Wildman–Crippen LogP) is 1.90. The quantitative estimate of drug-likeness (QED) is 0.924. The molecule has 1 N–H and O–H groups in total. The Hall–Kier alpha value is -0.880. The van der Waals surface area contributed by atoms with Crippen molar-refractivity contribution in [3.05, 3.63) is 10.7 Å². The lowest BCUT2D eigenvalue weighted by atomic mass is 10.3. The molecule has 0 radical (unpaired) electrons. The summed E-state index contributed by atoms with van der Waals surface area (Å²) in [6.45, 7) is 7.40. The van der Waals surface area contributed by atoms with Crippen LogP contribution in [0.25, 0.3) is 0 Å². The zero-order valence-electron chi connectivity index (χ0n) is 10.1. The van der Waals surface area contributed by atoms with Crippen molar-refractivity contribution in [1.29, 1.82) is 0 Å². The molecule has 1 aromatic heterocycles. The molecule has 94 valence electrons. The fourth-order valence-corrected chi connectivity index (χ4v) is 2.28. The molecule has 2 rings (SSSR count). The van der Waals surface area contributed by atoms with E-state index in [0.29, 0.717) is 5.95 Å². The van der Waals surface area contributed by atoms with Gasteiger partial charge in [-0.3, -0.25) is 0 Å². The van der Waals surface area contributed by atoms with Gasteiger partial charge < -0.3 is 15.0 Å². The second-order valence-electron chi connectivity index (χ2n) is 4.02. The molecular weight excluding hydrogens is 284 g/mol. The number of rotatable bonds is 3. The van der Waals surface area contributed by atoms with E-state index < -0.39 is 0 Å². The highest BCUT2D eigenvalue weighted by Crippen LogP contribution is 2.25. The van der Waals surface area contributed by atoms with Crippen molar-refractivity contribution < 1.29 is 4.74 Å². The Kier molecular flexibility index (Phi) is 4.17. The van der Waals surface area contributed by atoms with Gasteiger partial charge in [-0.25, -0.2) is 4.98 Å². The molecule has 0 bridgehead atoms. The first-order valence-electron chi connectivity index (χ1n) is 5.83. The molecule has 5 nitrogen and oxygen atoms in total. The predicted molar refractivity (Wildman–Crippen MR) is 71.5 cm³/mol. The molecule has 1 aliphatic rings. The number of nitrogens with zero attached hydrogens (tertiary/aromatic N) is 3. The summed E-state index contributed by atoms with van der Waals surface area (Å²) >= 11 is 3.50. The fourth-order valence-electron chi connectivity index (χ4n) is 1.83. The second-order valence-corrected chi connectivity index (χ2v) is 4.88. The lowest BCUT2D eigenvalue weighted by Gasteiger charge is -2.32. The number of ether oxygens (including phenoxy) is 1. The minimum atomic E-state index is 0.244. The molecule has 6 heteroatoms. The highest BCUT2D eigenvalue weighted by atomic mass is 79.9. The van der Waals surface area contributed by atoms with Crippen LogP contribution in [-0.4, -0.2) is 42.3 Å². The summed E-state index contributed by atoms with van der Waals surface area (Å²) in [6.07, 6.45) is 2.04. The largest absolute Gasteiger partial charge is 0.375 e. The fraction of sp³-hybridized carbons (Fsp3) is 0.636. The first-order chi connectivity index (χ1) is 8.20. The van der Waals surface area contributed by atoms with Crippen molar-refractivity contribution in [3.8, 4) is 0 Å². The lowest BCUT2D eigenvalue weighted by Crippen LogP contribution is -2.41. The topological polar surface area (TPSA) is 50.3 Å². The van der Waals surface area contributed by atoms with E-state index in [-0.39, 0.29) is 6.10 Å². The highest BCUT2D eigenvalue weighted by molar-refractivity contribution is 9.10. The van der Waals surface area contributed by atoms with Crippen molar-refractivity contribution in [2.75, 3.05) is 36.5 Å². The Balaban J connectivity index is 2.20. The number of morpholine rings is 1. The lowest BCUT2D eigenvalue weighted by molar-refractivity contribution is 0.0529. The number of anilines is 2. The van der Waals surface area contributed by atoms with E-state index in [9.17, 15) is 0 Å². The van der Waals surface area contributed by atoms with Gasteiger partial charge in [-0.1, -0.05) is 0 Å². The third-order valence-corrected chi connectivity index (χ3v) is 3.16. The van der Waals surface area contributed by atoms with Crippen LogP contribution < -0.4 is 10.2 Å². The number of halogens is 1. The van der Waals surface area contributed by atoms with Crippen LogP contribution in [0.15, 0.2) is 10.7 Å².